The Balaban J connectivity index is 1.99. The van der Waals surface area contributed by atoms with Gasteiger partial charge in [0.2, 0.25) is 0 Å². The number of hydrogen-bond donors (Lipinski definition) is 2. The third-order valence-corrected chi connectivity index (χ3v) is 4.00. The minimum absolute atomic E-state index is 0.0172. The highest BCUT2D eigenvalue weighted by atomic mass is 16.3. The van der Waals surface area contributed by atoms with Gasteiger partial charge in [0.1, 0.15) is 0 Å². The first-order valence-electron chi connectivity index (χ1n) is 9.05. The van der Waals surface area contributed by atoms with E-state index < -0.39 is 0 Å². The zero-order valence-corrected chi connectivity index (χ0v) is 14.5. The number of rotatable bonds is 12. The summed E-state index contributed by atoms with van der Waals surface area (Å²) in [5.41, 5.74) is 0.847. The largest absolute Gasteiger partial charge is 0.504 e. The van der Waals surface area contributed by atoms with Gasteiger partial charge in [-0.2, -0.15) is 0 Å². The molecule has 0 spiro atoms. The molecule has 0 atom stereocenters. The van der Waals surface area contributed by atoms with Crippen LogP contribution in [-0.2, 0) is 6.42 Å². The first-order chi connectivity index (χ1) is 11.3. The van der Waals surface area contributed by atoms with Gasteiger partial charge in [-0.25, -0.2) is 0 Å². The van der Waals surface area contributed by atoms with Crippen molar-refractivity contribution in [3.8, 4) is 11.5 Å². The number of hydrogen-bond acceptors (Lipinski definition) is 2. The lowest BCUT2D eigenvalue weighted by atomic mass is 10.0. The third-order valence-electron chi connectivity index (χ3n) is 4.00. The minimum atomic E-state index is -0.0172. The molecule has 0 radical (unpaired) electrons. The fourth-order valence-electron chi connectivity index (χ4n) is 2.54. The van der Waals surface area contributed by atoms with Crippen LogP contribution >= 0.6 is 0 Å². The molecule has 0 unspecified atom stereocenters. The highest BCUT2D eigenvalue weighted by Gasteiger charge is 2.04. The third kappa shape index (κ3) is 9.12. The van der Waals surface area contributed by atoms with Gasteiger partial charge >= 0.3 is 0 Å². The van der Waals surface area contributed by atoms with E-state index in [2.05, 4.69) is 31.2 Å². The van der Waals surface area contributed by atoms with Crippen LogP contribution in [0.5, 0.6) is 11.5 Å². The lowest BCUT2D eigenvalue weighted by molar-refractivity contribution is 0.398. The van der Waals surface area contributed by atoms with E-state index in [9.17, 15) is 10.2 Å². The zero-order chi connectivity index (χ0) is 16.8. The molecule has 0 bridgehead atoms. The van der Waals surface area contributed by atoms with Gasteiger partial charge in [-0.3, -0.25) is 0 Å². The maximum atomic E-state index is 9.72. The van der Waals surface area contributed by atoms with Gasteiger partial charge in [0, 0.05) is 0 Å². The lowest BCUT2D eigenvalue weighted by Crippen LogP contribution is -1.87. The van der Waals surface area contributed by atoms with E-state index in [1.807, 2.05) is 6.07 Å². The molecule has 128 valence electrons. The number of phenolic OH excluding ortho intramolecular Hbond substituents is 2. The number of aryl methyl sites for hydroxylation is 1. The molecule has 23 heavy (non-hydrogen) atoms. The summed E-state index contributed by atoms with van der Waals surface area (Å²) in [6, 6.07) is 5.18. The summed E-state index contributed by atoms with van der Waals surface area (Å²) in [5.74, 6) is 0.0267. The maximum Gasteiger partial charge on any atom is 0.160 e. The molecule has 0 fully saturated rings. The second-order valence-corrected chi connectivity index (χ2v) is 6.06. The molecule has 2 heteroatoms. The van der Waals surface area contributed by atoms with E-state index in [0.717, 1.165) is 31.2 Å². The molecule has 2 nitrogen and oxygen atoms in total. The van der Waals surface area contributed by atoms with E-state index in [1.54, 1.807) is 6.07 Å². The molecule has 0 saturated carbocycles. The monoisotopic (exact) mass is 316 g/mol. The van der Waals surface area contributed by atoms with Gasteiger partial charge in [-0.15, -0.1) is 0 Å². The van der Waals surface area contributed by atoms with Crippen LogP contribution in [0.1, 0.15) is 70.3 Å². The quantitative estimate of drug-likeness (QED) is 0.270. The van der Waals surface area contributed by atoms with Crippen LogP contribution in [-0.4, -0.2) is 10.2 Å². The molecule has 1 aromatic rings. The van der Waals surface area contributed by atoms with E-state index >= 15 is 0 Å². The molecule has 1 aromatic carbocycles. The Hall–Kier alpha value is -1.70. The molecular formula is C21H32O2. The van der Waals surface area contributed by atoms with Crippen molar-refractivity contribution in [2.24, 2.45) is 0 Å². The standard InChI is InChI=1S/C21H32O2/c1-2-3-4-5-6-7-8-9-10-11-12-13-14-16-19-17-15-18-20(22)21(19)23/h5-6,8-9,15,17-18,22-23H,2-4,7,10-14,16H2,1H3/b6-5+,9-8+. The molecule has 0 aromatic heterocycles. The fourth-order valence-corrected chi connectivity index (χ4v) is 2.54. The molecule has 0 aliphatic carbocycles. The second kappa shape index (κ2) is 12.8. The fraction of sp³-hybridized carbons (Fsp3) is 0.524. The van der Waals surface area contributed by atoms with E-state index in [0.29, 0.717) is 0 Å². The average Bonchev–Trinajstić information content (AvgIpc) is 2.55. The SMILES string of the molecule is CCCC/C=C/C/C=C/CCCCCCc1cccc(O)c1O. The van der Waals surface area contributed by atoms with Gasteiger partial charge < -0.3 is 10.2 Å². The van der Waals surface area contributed by atoms with E-state index in [1.165, 1.54) is 44.6 Å². The van der Waals surface area contributed by atoms with E-state index in [4.69, 9.17) is 0 Å². The molecule has 0 amide bonds. The maximum absolute atomic E-state index is 9.72. The number of phenols is 2. The van der Waals surface area contributed by atoms with Gasteiger partial charge in [0.05, 0.1) is 0 Å². The van der Waals surface area contributed by atoms with Crippen molar-refractivity contribution < 1.29 is 10.2 Å². The van der Waals surface area contributed by atoms with Crippen LogP contribution in [0, 0.1) is 0 Å². The van der Waals surface area contributed by atoms with Crippen LogP contribution in [0.2, 0.25) is 0 Å². The highest BCUT2D eigenvalue weighted by Crippen LogP contribution is 2.29. The van der Waals surface area contributed by atoms with Gasteiger partial charge in [0.15, 0.2) is 11.5 Å². The van der Waals surface area contributed by atoms with Crippen molar-refractivity contribution >= 4 is 0 Å². The van der Waals surface area contributed by atoms with Gasteiger partial charge in [-0.05, 0) is 50.2 Å². The summed E-state index contributed by atoms with van der Waals surface area (Å²) in [6.45, 7) is 2.22. The smallest absolute Gasteiger partial charge is 0.160 e. The molecule has 0 heterocycles. The first kappa shape index (κ1) is 19.3. The van der Waals surface area contributed by atoms with Gasteiger partial charge in [-0.1, -0.05) is 69.0 Å². The lowest BCUT2D eigenvalue weighted by Gasteiger charge is -2.05. The first-order valence-corrected chi connectivity index (χ1v) is 9.05. The Labute approximate surface area is 141 Å². The zero-order valence-electron chi connectivity index (χ0n) is 14.5. The number of aromatic hydroxyl groups is 2. The normalized spacial score (nSPS) is 11.7. The van der Waals surface area contributed by atoms with Crippen molar-refractivity contribution in [3.63, 3.8) is 0 Å². The Bertz CT molecular complexity index is 475. The van der Waals surface area contributed by atoms with Crippen molar-refractivity contribution in [1.29, 1.82) is 0 Å². The van der Waals surface area contributed by atoms with Crippen LogP contribution in [0.4, 0.5) is 0 Å². The number of unbranched alkanes of at least 4 members (excludes halogenated alkanes) is 6. The molecule has 0 aliphatic rings. The molecule has 2 N–H and O–H groups in total. The van der Waals surface area contributed by atoms with Crippen LogP contribution < -0.4 is 0 Å². The molecule has 0 aliphatic heterocycles. The summed E-state index contributed by atoms with van der Waals surface area (Å²) in [7, 11) is 0. The Kier molecular flexibility index (Phi) is 10.8. The number of benzene rings is 1. The average molecular weight is 316 g/mol. The molecule has 0 saturated heterocycles. The predicted octanol–water partition coefficient (Wildman–Crippen LogP) is 6.28. The second-order valence-electron chi connectivity index (χ2n) is 6.06. The van der Waals surface area contributed by atoms with Gasteiger partial charge in [0.25, 0.3) is 0 Å². The van der Waals surface area contributed by atoms with E-state index in [-0.39, 0.29) is 11.5 Å². The topological polar surface area (TPSA) is 40.5 Å². The number of allylic oxidation sites excluding steroid dienone is 4. The summed E-state index contributed by atoms with van der Waals surface area (Å²) in [6.07, 6.45) is 20.6. The Morgan fingerprint density at radius 3 is 2.26 bits per heavy atom. The summed E-state index contributed by atoms with van der Waals surface area (Å²) >= 11 is 0. The van der Waals surface area contributed by atoms with Crippen molar-refractivity contribution in [3.05, 3.63) is 48.1 Å². The Morgan fingerprint density at radius 2 is 1.52 bits per heavy atom. The summed E-state index contributed by atoms with van der Waals surface area (Å²) in [4.78, 5) is 0. The number of para-hydroxylation sites is 1. The molecular weight excluding hydrogens is 284 g/mol. The van der Waals surface area contributed by atoms with Crippen molar-refractivity contribution in [1.82, 2.24) is 0 Å². The van der Waals surface area contributed by atoms with Crippen LogP contribution in [0.25, 0.3) is 0 Å². The highest BCUT2D eigenvalue weighted by molar-refractivity contribution is 5.44. The predicted molar refractivity (Wildman–Crippen MR) is 99.0 cm³/mol. The minimum Gasteiger partial charge on any atom is -0.504 e. The molecule has 1 rings (SSSR count). The summed E-state index contributed by atoms with van der Waals surface area (Å²) < 4.78 is 0. The Morgan fingerprint density at radius 1 is 0.826 bits per heavy atom. The van der Waals surface area contributed by atoms with Crippen LogP contribution in [0.15, 0.2) is 42.5 Å². The summed E-state index contributed by atoms with van der Waals surface area (Å²) in [5, 5.41) is 19.2. The van der Waals surface area contributed by atoms with Crippen molar-refractivity contribution in [2.75, 3.05) is 0 Å². The van der Waals surface area contributed by atoms with Crippen LogP contribution in [0.3, 0.4) is 0 Å². The van der Waals surface area contributed by atoms with Crippen molar-refractivity contribution in [2.45, 2.75) is 71.1 Å².